The van der Waals surface area contributed by atoms with Crippen molar-refractivity contribution >= 4 is 25.8 Å². The second-order valence-electron chi connectivity index (χ2n) is 8.91. The van der Waals surface area contributed by atoms with Crippen LogP contribution in [0.3, 0.4) is 0 Å². The Balaban J connectivity index is 1.49. The van der Waals surface area contributed by atoms with Crippen LogP contribution in [0.25, 0.3) is 0 Å². The highest BCUT2D eigenvalue weighted by Gasteiger charge is 2.44. The summed E-state index contributed by atoms with van der Waals surface area (Å²) in [6, 6.07) is 8.71. The maximum absolute atomic E-state index is 13.4. The molecule has 1 aliphatic heterocycles. The molecule has 1 aliphatic carbocycles. The number of piperidine rings is 1. The molecule has 0 bridgehead atoms. The third kappa shape index (κ3) is 5.54. The first-order valence-corrected chi connectivity index (χ1v) is 14.4. The summed E-state index contributed by atoms with van der Waals surface area (Å²) in [5.41, 5.74) is -0.692. The average Bonchev–Trinajstić information content (AvgIpc) is 3.63. The minimum Gasteiger partial charge on any atom is -0.339 e. The number of carbonyl (C=O) groups is 1. The SMILES string of the molecule is CS(=O)(=O)c1ccc(C(=O)N2CCC(N(C3CC3)S(=O)(=O)c3cccc(C(F)(F)F)c3)CC2)cc1. The predicted molar refractivity (Wildman–Crippen MR) is 122 cm³/mol. The van der Waals surface area contributed by atoms with Gasteiger partial charge in [-0.15, -0.1) is 0 Å². The second kappa shape index (κ2) is 9.21. The molecule has 2 aliphatic rings. The van der Waals surface area contributed by atoms with E-state index in [1.54, 1.807) is 4.90 Å². The van der Waals surface area contributed by atoms with Gasteiger partial charge in [-0.25, -0.2) is 16.8 Å². The number of rotatable bonds is 6. The average molecular weight is 531 g/mol. The van der Waals surface area contributed by atoms with Gasteiger partial charge < -0.3 is 4.90 Å². The second-order valence-corrected chi connectivity index (χ2v) is 12.8. The van der Waals surface area contributed by atoms with Gasteiger partial charge in [0, 0.05) is 37.0 Å². The predicted octanol–water partition coefficient (Wildman–Crippen LogP) is 3.57. The summed E-state index contributed by atoms with van der Waals surface area (Å²) in [6.45, 7) is 0.553. The number of hydrogen-bond acceptors (Lipinski definition) is 5. The molecule has 1 saturated heterocycles. The van der Waals surface area contributed by atoms with E-state index in [9.17, 15) is 34.8 Å². The number of sulfonamides is 1. The Bertz CT molecular complexity index is 1310. The smallest absolute Gasteiger partial charge is 0.339 e. The van der Waals surface area contributed by atoms with Gasteiger partial charge in [0.05, 0.1) is 15.4 Å². The number of nitrogens with zero attached hydrogens (tertiary/aromatic N) is 2. The van der Waals surface area contributed by atoms with Crippen molar-refractivity contribution in [2.45, 2.75) is 53.7 Å². The fraction of sp³-hybridized carbons (Fsp3) is 0.435. The van der Waals surface area contributed by atoms with Crippen LogP contribution in [0.2, 0.25) is 0 Å². The van der Waals surface area contributed by atoms with Gasteiger partial charge in [-0.05, 0) is 68.1 Å². The van der Waals surface area contributed by atoms with Gasteiger partial charge in [-0.1, -0.05) is 6.07 Å². The Labute approximate surface area is 202 Å². The van der Waals surface area contributed by atoms with Gasteiger partial charge >= 0.3 is 6.18 Å². The standard InChI is InChI=1S/C23H25F3N2O5S2/c1-34(30,31)20-9-5-16(6-10-20)22(29)27-13-11-19(12-14-27)28(18-7-8-18)35(32,33)21-4-2-3-17(15-21)23(24,25)26/h2-6,9-10,15,18-19H,7-8,11-14H2,1H3. The van der Waals surface area contributed by atoms with Crippen LogP contribution in [0.15, 0.2) is 58.3 Å². The Kier molecular flexibility index (Phi) is 6.75. The first-order valence-electron chi connectivity index (χ1n) is 11.1. The molecular weight excluding hydrogens is 505 g/mol. The molecule has 0 N–H and O–H groups in total. The fourth-order valence-electron chi connectivity index (χ4n) is 4.32. The summed E-state index contributed by atoms with van der Waals surface area (Å²) < 4.78 is 90.8. The molecule has 1 heterocycles. The molecule has 0 aromatic heterocycles. The van der Waals surface area contributed by atoms with E-state index in [0.29, 0.717) is 37.3 Å². The third-order valence-corrected chi connectivity index (χ3v) is 9.41. The van der Waals surface area contributed by atoms with Crippen molar-refractivity contribution in [2.24, 2.45) is 0 Å². The lowest BCUT2D eigenvalue weighted by atomic mass is 10.0. The molecule has 2 fully saturated rings. The van der Waals surface area contributed by atoms with Crippen LogP contribution in [0.4, 0.5) is 13.2 Å². The van der Waals surface area contributed by atoms with Crippen molar-refractivity contribution < 1.29 is 34.8 Å². The molecule has 190 valence electrons. The van der Waals surface area contributed by atoms with Crippen molar-refractivity contribution in [2.75, 3.05) is 19.3 Å². The van der Waals surface area contributed by atoms with Gasteiger partial charge in [0.2, 0.25) is 10.0 Å². The lowest BCUT2D eigenvalue weighted by Crippen LogP contribution is -2.49. The maximum Gasteiger partial charge on any atom is 0.416 e. The molecule has 0 unspecified atom stereocenters. The zero-order chi connectivity index (χ0) is 25.6. The highest BCUT2D eigenvalue weighted by Crippen LogP contribution is 2.38. The first-order chi connectivity index (χ1) is 16.3. The van der Waals surface area contributed by atoms with Gasteiger partial charge in [-0.2, -0.15) is 17.5 Å². The van der Waals surface area contributed by atoms with E-state index >= 15 is 0 Å². The zero-order valence-corrected chi connectivity index (χ0v) is 20.5. The molecule has 7 nitrogen and oxygen atoms in total. The third-order valence-electron chi connectivity index (χ3n) is 6.28. The number of sulfone groups is 1. The van der Waals surface area contributed by atoms with E-state index in [4.69, 9.17) is 0 Å². The minimum atomic E-state index is -4.65. The van der Waals surface area contributed by atoms with Crippen molar-refractivity contribution in [1.29, 1.82) is 0 Å². The van der Waals surface area contributed by atoms with Crippen LogP contribution < -0.4 is 0 Å². The van der Waals surface area contributed by atoms with E-state index in [1.165, 1.54) is 34.6 Å². The van der Waals surface area contributed by atoms with Crippen molar-refractivity contribution in [3.05, 3.63) is 59.7 Å². The van der Waals surface area contributed by atoms with E-state index < -0.39 is 37.6 Å². The van der Waals surface area contributed by atoms with E-state index in [-0.39, 0.29) is 34.8 Å². The topological polar surface area (TPSA) is 91.8 Å². The molecular formula is C23H25F3N2O5S2. The maximum atomic E-state index is 13.4. The summed E-state index contributed by atoms with van der Waals surface area (Å²) in [4.78, 5) is 14.2. The van der Waals surface area contributed by atoms with Crippen LogP contribution >= 0.6 is 0 Å². The van der Waals surface area contributed by atoms with Gasteiger partial charge in [0.15, 0.2) is 9.84 Å². The quantitative estimate of drug-likeness (QED) is 0.570. The molecule has 2 aromatic rings. The largest absolute Gasteiger partial charge is 0.416 e. The number of benzene rings is 2. The van der Waals surface area contributed by atoms with Crippen LogP contribution in [0, 0.1) is 0 Å². The van der Waals surface area contributed by atoms with E-state index in [0.717, 1.165) is 18.4 Å². The summed E-state index contributed by atoms with van der Waals surface area (Å²) in [7, 11) is -7.54. The highest BCUT2D eigenvalue weighted by molar-refractivity contribution is 7.90. The number of carbonyl (C=O) groups excluding carboxylic acids is 1. The van der Waals surface area contributed by atoms with Crippen molar-refractivity contribution in [3.8, 4) is 0 Å². The zero-order valence-electron chi connectivity index (χ0n) is 18.9. The van der Waals surface area contributed by atoms with Crippen LogP contribution in [-0.2, 0) is 26.0 Å². The van der Waals surface area contributed by atoms with Crippen molar-refractivity contribution in [3.63, 3.8) is 0 Å². The van der Waals surface area contributed by atoms with Gasteiger partial charge in [0.25, 0.3) is 5.91 Å². The molecule has 1 saturated carbocycles. The minimum absolute atomic E-state index is 0.104. The fourth-order valence-corrected chi connectivity index (χ4v) is 6.93. The normalized spacial score (nSPS) is 18.1. The number of likely N-dealkylation sites (tertiary alicyclic amines) is 1. The molecule has 12 heteroatoms. The lowest BCUT2D eigenvalue weighted by Gasteiger charge is -2.38. The molecule has 2 aromatic carbocycles. The first kappa shape index (κ1) is 25.6. The molecule has 1 amide bonds. The molecule has 0 spiro atoms. The summed E-state index contributed by atoms with van der Waals surface area (Å²) in [5.74, 6) is -0.290. The number of amides is 1. The Hall–Kier alpha value is -2.44. The van der Waals surface area contributed by atoms with Gasteiger partial charge in [0.1, 0.15) is 0 Å². The van der Waals surface area contributed by atoms with E-state index in [2.05, 4.69) is 0 Å². The Morgan fingerprint density at radius 3 is 1.97 bits per heavy atom. The molecule has 4 rings (SSSR count). The molecule has 35 heavy (non-hydrogen) atoms. The summed E-state index contributed by atoms with van der Waals surface area (Å²) in [5, 5.41) is 0. The monoisotopic (exact) mass is 530 g/mol. The van der Waals surface area contributed by atoms with Gasteiger partial charge in [-0.3, -0.25) is 4.79 Å². The number of halogens is 3. The Morgan fingerprint density at radius 2 is 1.46 bits per heavy atom. The van der Waals surface area contributed by atoms with Crippen LogP contribution in [0.5, 0.6) is 0 Å². The van der Waals surface area contributed by atoms with Crippen molar-refractivity contribution in [1.82, 2.24) is 9.21 Å². The summed E-state index contributed by atoms with van der Waals surface area (Å²) in [6.07, 6.45) is -1.59. The number of hydrogen-bond donors (Lipinski definition) is 0. The van der Waals surface area contributed by atoms with E-state index in [1.807, 2.05) is 0 Å². The molecule has 0 radical (unpaired) electrons. The van der Waals surface area contributed by atoms with Crippen LogP contribution in [0.1, 0.15) is 41.6 Å². The number of alkyl halides is 3. The lowest BCUT2D eigenvalue weighted by molar-refractivity contribution is -0.137. The van der Waals surface area contributed by atoms with Crippen LogP contribution in [-0.4, -0.2) is 63.4 Å². The summed E-state index contributed by atoms with van der Waals surface area (Å²) >= 11 is 0. The molecule has 0 atom stereocenters. The highest BCUT2D eigenvalue weighted by atomic mass is 32.2. The Morgan fingerprint density at radius 1 is 0.886 bits per heavy atom.